The van der Waals surface area contributed by atoms with Gasteiger partial charge in [-0.15, -0.1) is 11.3 Å². The molecule has 0 atom stereocenters. The topological polar surface area (TPSA) is 49.0 Å². The smallest absolute Gasteiger partial charge is 0.274 e. The third kappa shape index (κ3) is 1.88. The maximum absolute atomic E-state index is 12.8. The van der Waals surface area contributed by atoms with Crippen LogP contribution < -0.4 is 4.90 Å². The highest BCUT2D eigenvalue weighted by atomic mass is 32.1. The average Bonchev–Trinajstić information content (AvgIpc) is 3.14. The van der Waals surface area contributed by atoms with Crippen LogP contribution in [0, 0.1) is 13.8 Å². The van der Waals surface area contributed by atoms with Gasteiger partial charge in [0.25, 0.3) is 5.91 Å². The first-order valence-corrected chi connectivity index (χ1v) is 7.85. The molecule has 5 heteroatoms. The average molecular weight is 297 g/mol. The lowest BCUT2D eigenvalue weighted by molar-refractivity contribution is 0.0985. The summed E-state index contributed by atoms with van der Waals surface area (Å²) in [5, 5.41) is 2.11. The van der Waals surface area contributed by atoms with Crippen molar-refractivity contribution in [1.82, 2.24) is 9.97 Å². The van der Waals surface area contributed by atoms with Gasteiger partial charge in [0.2, 0.25) is 0 Å². The van der Waals surface area contributed by atoms with Crippen molar-refractivity contribution >= 4 is 33.1 Å². The fourth-order valence-electron chi connectivity index (χ4n) is 2.87. The number of nitrogens with one attached hydrogen (secondary N) is 1. The molecule has 0 fully saturated rings. The van der Waals surface area contributed by atoms with E-state index >= 15 is 0 Å². The van der Waals surface area contributed by atoms with E-state index in [0.29, 0.717) is 5.69 Å². The summed E-state index contributed by atoms with van der Waals surface area (Å²) in [6, 6.07) is 3.96. The Labute approximate surface area is 126 Å². The van der Waals surface area contributed by atoms with Gasteiger partial charge in [0, 0.05) is 18.4 Å². The number of thiophene rings is 1. The molecule has 0 bridgehead atoms. The molecule has 1 aliphatic rings. The first kappa shape index (κ1) is 12.6. The SMILES string of the molecule is Cc1cc2c(cn1)CCN2C(=O)c1cc2scc(C)c2[nH]1. The molecule has 3 aromatic rings. The second-order valence-electron chi connectivity index (χ2n) is 5.50. The van der Waals surface area contributed by atoms with Crippen LogP contribution in [0.1, 0.15) is 27.3 Å². The molecule has 4 heterocycles. The van der Waals surface area contributed by atoms with E-state index in [1.807, 2.05) is 30.2 Å². The summed E-state index contributed by atoms with van der Waals surface area (Å²) in [5.41, 5.74) is 6.03. The second-order valence-corrected chi connectivity index (χ2v) is 6.41. The number of hydrogen-bond donors (Lipinski definition) is 1. The summed E-state index contributed by atoms with van der Waals surface area (Å²) in [6.07, 6.45) is 2.76. The Hall–Kier alpha value is -2.14. The van der Waals surface area contributed by atoms with Crippen LogP contribution in [0.25, 0.3) is 10.2 Å². The molecule has 0 spiro atoms. The highest BCUT2D eigenvalue weighted by Gasteiger charge is 2.27. The monoisotopic (exact) mass is 297 g/mol. The van der Waals surface area contributed by atoms with Crippen LogP contribution >= 0.6 is 11.3 Å². The van der Waals surface area contributed by atoms with Gasteiger partial charge in [0.1, 0.15) is 5.69 Å². The molecule has 4 rings (SSSR count). The van der Waals surface area contributed by atoms with Crippen LogP contribution in [0.3, 0.4) is 0 Å². The fourth-order valence-corrected chi connectivity index (χ4v) is 3.81. The zero-order valence-electron chi connectivity index (χ0n) is 11.9. The maximum atomic E-state index is 12.8. The highest BCUT2D eigenvalue weighted by molar-refractivity contribution is 7.17. The van der Waals surface area contributed by atoms with E-state index in [1.165, 1.54) is 5.56 Å². The number of fused-ring (bicyclic) bond motifs is 2. The lowest BCUT2D eigenvalue weighted by Crippen LogP contribution is -2.29. The van der Waals surface area contributed by atoms with Crippen LogP contribution in [0.4, 0.5) is 5.69 Å². The Balaban J connectivity index is 1.74. The molecule has 21 heavy (non-hydrogen) atoms. The largest absolute Gasteiger partial charge is 0.350 e. The minimum absolute atomic E-state index is 0.0437. The normalized spacial score (nSPS) is 13.9. The van der Waals surface area contributed by atoms with E-state index in [2.05, 4.69) is 22.3 Å². The lowest BCUT2D eigenvalue weighted by Gasteiger charge is -2.16. The second kappa shape index (κ2) is 4.43. The Bertz CT molecular complexity index is 862. The molecule has 0 unspecified atom stereocenters. The van der Waals surface area contributed by atoms with E-state index in [4.69, 9.17) is 0 Å². The van der Waals surface area contributed by atoms with Gasteiger partial charge < -0.3 is 9.88 Å². The van der Waals surface area contributed by atoms with Gasteiger partial charge in [-0.1, -0.05) is 0 Å². The number of rotatable bonds is 1. The molecule has 0 saturated heterocycles. The van der Waals surface area contributed by atoms with Crippen LogP contribution in [0.5, 0.6) is 0 Å². The Kier molecular flexibility index (Phi) is 2.65. The van der Waals surface area contributed by atoms with E-state index in [1.54, 1.807) is 11.3 Å². The summed E-state index contributed by atoms with van der Waals surface area (Å²) in [5.74, 6) is 0.0437. The number of carbonyl (C=O) groups excluding carboxylic acids is 1. The van der Waals surface area contributed by atoms with Gasteiger partial charge in [0.15, 0.2) is 0 Å². The van der Waals surface area contributed by atoms with Gasteiger partial charge in [-0.3, -0.25) is 9.78 Å². The first-order valence-electron chi connectivity index (χ1n) is 6.97. The molecule has 106 valence electrons. The van der Waals surface area contributed by atoms with Gasteiger partial charge in [-0.2, -0.15) is 0 Å². The van der Waals surface area contributed by atoms with E-state index in [-0.39, 0.29) is 5.91 Å². The van der Waals surface area contributed by atoms with E-state index in [0.717, 1.165) is 40.1 Å². The van der Waals surface area contributed by atoms with E-state index < -0.39 is 0 Å². The fraction of sp³-hybridized carbons (Fsp3) is 0.250. The highest BCUT2D eigenvalue weighted by Crippen LogP contribution is 2.31. The maximum Gasteiger partial charge on any atom is 0.274 e. The van der Waals surface area contributed by atoms with Gasteiger partial charge in [0.05, 0.1) is 15.9 Å². The standard InChI is InChI=1S/C16H15N3OS/c1-9-8-21-14-6-12(18-15(9)14)16(20)19-4-3-11-7-17-10(2)5-13(11)19/h5-8,18H,3-4H2,1-2H3. The van der Waals surface area contributed by atoms with Crippen molar-refractivity contribution < 1.29 is 4.79 Å². The van der Waals surface area contributed by atoms with Crippen molar-refractivity contribution in [3.05, 3.63) is 46.2 Å². The summed E-state index contributed by atoms with van der Waals surface area (Å²) in [6.45, 7) is 4.74. The summed E-state index contributed by atoms with van der Waals surface area (Å²) >= 11 is 1.67. The van der Waals surface area contributed by atoms with Crippen molar-refractivity contribution in [3.8, 4) is 0 Å². The summed E-state index contributed by atoms with van der Waals surface area (Å²) < 4.78 is 1.14. The predicted octanol–water partition coefficient (Wildman–Crippen LogP) is 3.44. The molecule has 0 radical (unpaired) electrons. The Morgan fingerprint density at radius 3 is 3.05 bits per heavy atom. The summed E-state index contributed by atoms with van der Waals surface area (Å²) in [7, 11) is 0. The van der Waals surface area contributed by atoms with Crippen LogP contribution in [-0.4, -0.2) is 22.4 Å². The Morgan fingerprint density at radius 2 is 2.24 bits per heavy atom. The lowest BCUT2D eigenvalue weighted by atomic mass is 10.2. The van der Waals surface area contributed by atoms with Gasteiger partial charge in [-0.25, -0.2) is 0 Å². The molecule has 1 amide bonds. The number of aryl methyl sites for hydroxylation is 2. The van der Waals surface area contributed by atoms with Crippen molar-refractivity contribution in [2.75, 3.05) is 11.4 Å². The molecule has 4 nitrogen and oxygen atoms in total. The molecule has 1 aliphatic heterocycles. The van der Waals surface area contributed by atoms with Crippen LogP contribution in [0.15, 0.2) is 23.7 Å². The molecule has 0 aliphatic carbocycles. The third-order valence-corrected chi connectivity index (χ3v) is 5.06. The predicted molar refractivity (Wildman–Crippen MR) is 85.3 cm³/mol. The van der Waals surface area contributed by atoms with Crippen molar-refractivity contribution in [2.24, 2.45) is 0 Å². The van der Waals surface area contributed by atoms with Crippen molar-refractivity contribution in [1.29, 1.82) is 0 Å². The molecule has 3 aromatic heterocycles. The number of carbonyl (C=O) groups is 1. The van der Waals surface area contributed by atoms with Gasteiger partial charge in [-0.05, 0) is 48.9 Å². The Morgan fingerprint density at radius 1 is 1.38 bits per heavy atom. The zero-order chi connectivity index (χ0) is 14.6. The molecular weight excluding hydrogens is 282 g/mol. The number of aromatic nitrogens is 2. The number of hydrogen-bond acceptors (Lipinski definition) is 3. The number of pyridine rings is 1. The van der Waals surface area contributed by atoms with Crippen LogP contribution in [0.2, 0.25) is 0 Å². The summed E-state index contributed by atoms with van der Waals surface area (Å²) in [4.78, 5) is 22.2. The molecule has 0 saturated carbocycles. The number of amides is 1. The number of anilines is 1. The van der Waals surface area contributed by atoms with Crippen LogP contribution in [-0.2, 0) is 6.42 Å². The zero-order valence-corrected chi connectivity index (χ0v) is 12.8. The van der Waals surface area contributed by atoms with Crippen molar-refractivity contribution in [3.63, 3.8) is 0 Å². The number of H-pyrrole nitrogens is 1. The minimum Gasteiger partial charge on any atom is -0.350 e. The van der Waals surface area contributed by atoms with E-state index in [9.17, 15) is 4.79 Å². The third-order valence-electron chi connectivity index (χ3n) is 4.01. The molecular formula is C16H15N3OS. The molecule has 0 aromatic carbocycles. The minimum atomic E-state index is 0.0437. The first-order chi connectivity index (χ1) is 10.1. The molecule has 1 N–H and O–H groups in total. The number of nitrogens with zero attached hydrogens (tertiary/aromatic N) is 2. The number of aromatic amines is 1. The quantitative estimate of drug-likeness (QED) is 0.748. The van der Waals surface area contributed by atoms with Gasteiger partial charge >= 0.3 is 0 Å². The van der Waals surface area contributed by atoms with Crippen molar-refractivity contribution in [2.45, 2.75) is 20.3 Å².